The van der Waals surface area contributed by atoms with Gasteiger partial charge in [-0.3, -0.25) is 0 Å². The molecule has 0 bridgehead atoms. The van der Waals surface area contributed by atoms with E-state index in [0.717, 1.165) is 23.9 Å². The van der Waals surface area contributed by atoms with E-state index in [1.807, 2.05) is 6.07 Å². The van der Waals surface area contributed by atoms with Gasteiger partial charge in [0.15, 0.2) is 0 Å². The molecule has 4 rings (SSSR count). The number of fused-ring (bicyclic) bond motifs is 2. The molecule has 2 aromatic rings. The minimum Gasteiger partial charge on any atom is -0.352 e. The average molecular weight is 263 g/mol. The molecule has 3 heteroatoms. The van der Waals surface area contributed by atoms with Gasteiger partial charge in [0, 0.05) is 12.2 Å². The highest BCUT2D eigenvalue weighted by Crippen LogP contribution is 2.26. The maximum Gasteiger partial charge on any atom is 0.201 e. The van der Waals surface area contributed by atoms with E-state index < -0.39 is 0 Å². The molecular formula is C17H17N3. The summed E-state index contributed by atoms with van der Waals surface area (Å²) in [6.07, 6.45) is 3.71. The van der Waals surface area contributed by atoms with Crippen molar-refractivity contribution < 1.29 is 0 Å². The Morgan fingerprint density at radius 3 is 2.85 bits per heavy atom. The zero-order valence-electron chi connectivity index (χ0n) is 11.3. The molecule has 0 fully saturated rings. The van der Waals surface area contributed by atoms with Gasteiger partial charge in [-0.15, -0.1) is 0 Å². The third kappa shape index (κ3) is 2.05. The summed E-state index contributed by atoms with van der Waals surface area (Å²) in [5, 5.41) is 6.72. The number of aliphatic imine (C=N–C) groups is 1. The SMILES string of the molecule is c1ccc2c(c1)CNC(Nc1ccc3c(c1)CCC3)=N2. The molecule has 100 valence electrons. The van der Waals surface area contributed by atoms with Gasteiger partial charge in [0.05, 0.1) is 5.69 Å². The summed E-state index contributed by atoms with van der Waals surface area (Å²) in [6.45, 7) is 0.826. The number of para-hydroxylation sites is 1. The molecule has 0 atom stereocenters. The Balaban J connectivity index is 1.59. The van der Waals surface area contributed by atoms with Crippen molar-refractivity contribution in [2.45, 2.75) is 25.8 Å². The highest BCUT2D eigenvalue weighted by molar-refractivity contribution is 5.96. The summed E-state index contributed by atoms with van der Waals surface area (Å²) in [5.41, 5.74) is 6.39. The normalized spacial score (nSPS) is 15.9. The lowest BCUT2D eigenvalue weighted by Crippen LogP contribution is -2.32. The van der Waals surface area contributed by atoms with Gasteiger partial charge in [0.2, 0.25) is 5.96 Å². The van der Waals surface area contributed by atoms with Crippen LogP contribution < -0.4 is 10.6 Å². The molecule has 1 aliphatic heterocycles. The van der Waals surface area contributed by atoms with Crippen LogP contribution in [-0.2, 0) is 19.4 Å². The molecular weight excluding hydrogens is 246 g/mol. The number of anilines is 1. The molecule has 0 amide bonds. The van der Waals surface area contributed by atoms with Crippen LogP contribution in [0.1, 0.15) is 23.1 Å². The Morgan fingerprint density at radius 2 is 1.85 bits per heavy atom. The third-order valence-electron chi connectivity index (χ3n) is 4.03. The van der Waals surface area contributed by atoms with Crippen LogP contribution in [0.4, 0.5) is 11.4 Å². The average Bonchev–Trinajstić information content (AvgIpc) is 2.95. The van der Waals surface area contributed by atoms with Gasteiger partial charge in [-0.1, -0.05) is 24.3 Å². The van der Waals surface area contributed by atoms with Gasteiger partial charge in [-0.2, -0.15) is 0 Å². The van der Waals surface area contributed by atoms with E-state index in [1.165, 1.54) is 36.0 Å². The molecule has 0 saturated carbocycles. The van der Waals surface area contributed by atoms with Crippen molar-refractivity contribution >= 4 is 17.3 Å². The Kier molecular flexibility index (Phi) is 2.69. The van der Waals surface area contributed by atoms with Crippen LogP contribution in [0.2, 0.25) is 0 Å². The largest absolute Gasteiger partial charge is 0.352 e. The molecule has 1 aliphatic carbocycles. The molecule has 20 heavy (non-hydrogen) atoms. The van der Waals surface area contributed by atoms with Crippen LogP contribution in [0.25, 0.3) is 0 Å². The molecule has 0 unspecified atom stereocenters. The standard InChI is InChI=1S/C17H17N3/c1-2-7-16-14(4-1)11-18-17(20-16)19-15-9-8-12-5-3-6-13(12)10-15/h1-2,4,7-10H,3,5-6,11H2,(H2,18,19,20). The minimum atomic E-state index is 0.826. The van der Waals surface area contributed by atoms with Crippen LogP contribution in [0.3, 0.4) is 0 Å². The maximum absolute atomic E-state index is 4.63. The number of nitrogens with zero attached hydrogens (tertiary/aromatic N) is 1. The van der Waals surface area contributed by atoms with E-state index in [4.69, 9.17) is 0 Å². The lowest BCUT2D eigenvalue weighted by molar-refractivity contribution is 0.889. The van der Waals surface area contributed by atoms with Crippen molar-refractivity contribution in [1.29, 1.82) is 0 Å². The van der Waals surface area contributed by atoms with Crippen LogP contribution in [0.15, 0.2) is 47.5 Å². The maximum atomic E-state index is 4.63. The summed E-state index contributed by atoms with van der Waals surface area (Å²) < 4.78 is 0. The lowest BCUT2D eigenvalue weighted by atomic mass is 10.1. The zero-order chi connectivity index (χ0) is 13.4. The van der Waals surface area contributed by atoms with Crippen molar-refractivity contribution in [2.24, 2.45) is 4.99 Å². The molecule has 1 heterocycles. The topological polar surface area (TPSA) is 36.4 Å². The second-order valence-electron chi connectivity index (χ2n) is 5.40. The van der Waals surface area contributed by atoms with Crippen molar-refractivity contribution in [1.82, 2.24) is 5.32 Å². The quantitative estimate of drug-likeness (QED) is 0.827. The number of aryl methyl sites for hydroxylation is 2. The Hall–Kier alpha value is -2.29. The number of hydrogen-bond acceptors (Lipinski definition) is 3. The van der Waals surface area contributed by atoms with Gasteiger partial charge in [0.1, 0.15) is 0 Å². The lowest BCUT2D eigenvalue weighted by Gasteiger charge is -2.19. The van der Waals surface area contributed by atoms with E-state index >= 15 is 0 Å². The second-order valence-corrected chi connectivity index (χ2v) is 5.40. The first-order valence-electron chi connectivity index (χ1n) is 7.18. The molecule has 2 aromatic carbocycles. The monoisotopic (exact) mass is 263 g/mol. The predicted octanol–water partition coefficient (Wildman–Crippen LogP) is 3.38. The molecule has 0 spiro atoms. The van der Waals surface area contributed by atoms with Gasteiger partial charge in [0.25, 0.3) is 0 Å². The third-order valence-corrected chi connectivity index (χ3v) is 4.03. The highest BCUT2D eigenvalue weighted by Gasteiger charge is 2.13. The van der Waals surface area contributed by atoms with Crippen molar-refractivity contribution in [2.75, 3.05) is 5.32 Å². The van der Waals surface area contributed by atoms with E-state index in [0.29, 0.717) is 0 Å². The second kappa shape index (κ2) is 4.67. The summed E-state index contributed by atoms with van der Waals surface area (Å²) in [4.78, 5) is 4.63. The number of guanidine groups is 1. The highest BCUT2D eigenvalue weighted by atomic mass is 15.2. The first kappa shape index (κ1) is 11.5. The number of rotatable bonds is 1. The zero-order valence-corrected chi connectivity index (χ0v) is 11.3. The van der Waals surface area contributed by atoms with Crippen LogP contribution >= 0.6 is 0 Å². The fourth-order valence-electron chi connectivity index (χ4n) is 2.97. The van der Waals surface area contributed by atoms with Crippen LogP contribution in [0, 0.1) is 0 Å². The summed E-state index contributed by atoms with van der Waals surface area (Å²) in [5.74, 6) is 0.835. The molecule has 0 saturated heterocycles. The Morgan fingerprint density at radius 1 is 0.950 bits per heavy atom. The van der Waals surface area contributed by atoms with E-state index in [-0.39, 0.29) is 0 Å². The van der Waals surface area contributed by atoms with Crippen LogP contribution in [-0.4, -0.2) is 5.96 Å². The van der Waals surface area contributed by atoms with E-state index in [1.54, 1.807) is 0 Å². The molecule has 0 aromatic heterocycles. The van der Waals surface area contributed by atoms with Crippen molar-refractivity contribution in [3.8, 4) is 0 Å². The van der Waals surface area contributed by atoms with E-state index in [9.17, 15) is 0 Å². The summed E-state index contributed by atoms with van der Waals surface area (Å²) in [7, 11) is 0. The van der Waals surface area contributed by atoms with Crippen molar-refractivity contribution in [3.05, 3.63) is 59.2 Å². The first-order chi connectivity index (χ1) is 9.88. The van der Waals surface area contributed by atoms with Gasteiger partial charge in [-0.05, 0) is 54.2 Å². The fourth-order valence-corrected chi connectivity index (χ4v) is 2.97. The van der Waals surface area contributed by atoms with Gasteiger partial charge < -0.3 is 10.6 Å². The minimum absolute atomic E-state index is 0.826. The molecule has 0 radical (unpaired) electrons. The van der Waals surface area contributed by atoms with E-state index in [2.05, 4.69) is 52.0 Å². The number of benzene rings is 2. The van der Waals surface area contributed by atoms with Crippen LogP contribution in [0.5, 0.6) is 0 Å². The Bertz CT molecular complexity index is 688. The fraction of sp³-hybridized carbons (Fsp3) is 0.235. The smallest absolute Gasteiger partial charge is 0.201 e. The summed E-state index contributed by atoms with van der Waals surface area (Å²) >= 11 is 0. The Labute approximate surface area is 118 Å². The molecule has 3 nitrogen and oxygen atoms in total. The molecule has 2 N–H and O–H groups in total. The van der Waals surface area contributed by atoms with Crippen molar-refractivity contribution in [3.63, 3.8) is 0 Å². The number of hydrogen-bond donors (Lipinski definition) is 2. The molecule has 2 aliphatic rings. The first-order valence-corrected chi connectivity index (χ1v) is 7.18. The van der Waals surface area contributed by atoms with Gasteiger partial charge >= 0.3 is 0 Å². The predicted molar refractivity (Wildman–Crippen MR) is 82.5 cm³/mol. The summed E-state index contributed by atoms with van der Waals surface area (Å²) in [6, 6.07) is 14.9. The number of nitrogens with one attached hydrogen (secondary N) is 2. The van der Waals surface area contributed by atoms with Gasteiger partial charge in [-0.25, -0.2) is 4.99 Å².